The van der Waals surface area contributed by atoms with Gasteiger partial charge in [-0.2, -0.15) is 9.78 Å². The second-order valence-electron chi connectivity index (χ2n) is 9.07. The zero-order valence-electron chi connectivity index (χ0n) is 22.9. The van der Waals surface area contributed by atoms with E-state index in [4.69, 9.17) is 23.9 Å². The Labute approximate surface area is 222 Å². The molecule has 0 bridgehead atoms. The second-order valence-corrected chi connectivity index (χ2v) is 9.07. The van der Waals surface area contributed by atoms with Crippen molar-refractivity contribution in [1.29, 1.82) is 0 Å². The summed E-state index contributed by atoms with van der Waals surface area (Å²) in [7, 11) is 4.79. The zero-order chi connectivity index (χ0) is 27.4. The molecule has 0 saturated heterocycles. The van der Waals surface area contributed by atoms with Gasteiger partial charge in [-0.15, -0.1) is 0 Å². The van der Waals surface area contributed by atoms with Gasteiger partial charge in [0.2, 0.25) is 5.75 Å². The van der Waals surface area contributed by atoms with Crippen LogP contribution in [0.5, 0.6) is 23.0 Å². The van der Waals surface area contributed by atoms with Gasteiger partial charge in [0, 0.05) is 11.1 Å². The summed E-state index contributed by atoms with van der Waals surface area (Å²) in [6.07, 6.45) is 1.59. The van der Waals surface area contributed by atoms with Crippen molar-refractivity contribution in [2.45, 2.75) is 33.6 Å². The smallest absolute Gasteiger partial charge is 0.282 e. The third-order valence-electron chi connectivity index (χ3n) is 6.29. The van der Waals surface area contributed by atoms with Gasteiger partial charge in [0.1, 0.15) is 5.75 Å². The van der Waals surface area contributed by atoms with Gasteiger partial charge in [0.25, 0.3) is 5.56 Å². The lowest BCUT2D eigenvalue weighted by atomic mass is 9.96. The minimum atomic E-state index is -0.270. The minimum absolute atomic E-state index is 0.206. The SMILES string of the molecule is CCOc1c(OC)cc(C=Nn2c(-c3cc(C(C)C)c(OC)cc3C)nc3ccccc3c2=O)cc1OC. The number of benzene rings is 3. The number of hydrogen-bond donors (Lipinski definition) is 0. The van der Waals surface area contributed by atoms with Crippen molar-refractivity contribution in [2.75, 3.05) is 27.9 Å². The van der Waals surface area contributed by atoms with Gasteiger partial charge in [-0.3, -0.25) is 4.79 Å². The third kappa shape index (κ3) is 5.07. The number of hydrogen-bond acceptors (Lipinski definition) is 7. The van der Waals surface area contributed by atoms with Crippen molar-refractivity contribution >= 4 is 17.1 Å². The van der Waals surface area contributed by atoms with Gasteiger partial charge in [-0.05, 0) is 67.3 Å². The van der Waals surface area contributed by atoms with Crippen molar-refractivity contribution in [3.63, 3.8) is 0 Å². The average molecular weight is 516 g/mol. The van der Waals surface area contributed by atoms with Crippen LogP contribution in [0.1, 0.15) is 43.4 Å². The molecule has 4 rings (SSSR count). The van der Waals surface area contributed by atoms with E-state index in [2.05, 4.69) is 18.9 Å². The topological polar surface area (TPSA) is 84.2 Å². The van der Waals surface area contributed by atoms with Crippen molar-refractivity contribution in [3.8, 4) is 34.4 Å². The van der Waals surface area contributed by atoms with E-state index in [-0.39, 0.29) is 11.5 Å². The lowest BCUT2D eigenvalue weighted by Gasteiger charge is -2.17. The van der Waals surface area contributed by atoms with Gasteiger partial charge < -0.3 is 18.9 Å². The summed E-state index contributed by atoms with van der Waals surface area (Å²) in [6.45, 7) is 8.52. The Balaban J connectivity index is 1.95. The maximum atomic E-state index is 13.7. The maximum Gasteiger partial charge on any atom is 0.282 e. The number of nitrogens with zero attached hydrogens (tertiary/aromatic N) is 3. The predicted molar refractivity (Wildman–Crippen MR) is 151 cm³/mol. The summed E-state index contributed by atoms with van der Waals surface area (Å²) in [5.74, 6) is 2.96. The molecule has 0 atom stereocenters. The quantitative estimate of drug-likeness (QED) is 0.262. The molecule has 38 heavy (non-hydrogen) atoms. The lowest BCUT2D eigenvalue weighted by Crippen LogP contribution is -2.20. The first-order valence-corrected chi connectivity index (χ1v) is 12.5. The third-order valence-corrected chi connectivity index (χ3v) is 6.29. The predicted octanol–water partition coefficient (Wildman–Crippen LogP) is 5.80. The highest BCUT2D eigenvalue weighted by molar-refractivity contribution is 5.84. The number of methoxy groups -OCH3 is 3. The molecule has 0 radical (unpaired) electrons. The normalized spacial score (nSPS) is 11.4. The zero-order valence-corrected chi connectivity index (χ0v) is 22.9. The number of para-hydroxylation sites is 1. The molecule has 0 N–H and O–H groups in total. The van der Waals surface area contributed by atoms with Crippen molar-refractivity contribution in [2.24, 2.45) is 5.10 Å². The molecule has 0 fully saturated rings. The highest BCUT2D eigenvalue weighted by atomic mass is 16.5. The second kappa shape index (κ2) is 11.4. The molecule has 198 valence electrons. The van der Waals surface area contributed by atoms with E-state index in [1.54, 1.807) is 45.7 Å². The first kappa shape index (κ1) is 26.7. The molecule has 0 aliphatic carbocycles. The Hall–Kier alpha value is -4.33. The van der Waals surface area contributed by atoms with Crippen LogP contribution in [0.3, 0.4) is 0 Å². The largest absolute Gasteiger partial charge is 0.496 e. The molecule has 1 heterocycles. The van der Waals surface area contributed by atoms with Gasteiger partial charge in [-0.1, -0.05) is 26.0 Å². The highest BCUT2D eigenvalue weighted by Crippen LogP contribution is 2.38. The number of aromatic nitrogens is 2. The molecular weight excluding hydrogens is 482 g/mol. The Bertz CT molecular complexity index is 1530. The lowest BCUT2D eigenvalue weighted by molar-refractivity contribution is 0.288. The highest BCUT2D eigenvalue weighted by Gasteiger charge is 2.19. The summed E-state index contributed by atoms with van der Waals surface area (Å²) in [5, 5.41) is 5.10. The van der Waals surface area contributed by atoms with E-state index in [0.29, 0.717) is 46.1 Å². The van der Waals surface area contributed by atoms with Gasteiger partial charge in [0.05, 0.1) is 45.1 Å². The van der Waals surface area contributed by atoms with E-state index in [9.17, 15) is 4.79 Å². The van der Waals surface area contributed by atoms with Crippen LogP contribution >= 0.6 is 0 Å². The molecule has 0 unspecified atom stereocenters. The number of ether oxygens (including phenoxy) is 4. The van der Waals surface area contributed by atoms with E-state index in [1.165, 1.54) is 4.68 Å². The first-order chi connectivity index (χ1) is 18.3. The molecule has 0 aliphatic heterocycles. The molecule has 8 heteroatoms. The molecule has 3 aromatic carbocycles. The molecular formula is C30H33N3O5. The summed E-state index contributed by atoms with van der Waals surface area (Å²) in [5.41, 5.74) is 3.74. The van der Waals surface area contributed by atoms with Gasteiger partial charge >= 0.3 is 0 Å². The summed E-state index contributed by atoms with van der Waals surface area (Å²) in [4.78, 5) is 18.6. The van der Waals surface area contributed by atoms with Crippen LogP contribution in [0.2, 0.25) is 0 Å². The minimum Gasteiger partial charge on any atom is -0.496 e. The van der Waals surface area contributed by atoms with Crippen LogP contribution in [0.15, 0.2) is 58.4 Å². The summed E-state index contributed by atoms with van der Waals surface area (Å²) in [6, 6.07) is 14.8. The Morgan fingerprint density at radius 2 is 1.63 bits per heavy atom. The number of fused-ring (bicyclic) bond motifs is 1. The van der Waals surface area contributed by atoms with E-state index >= 15 is 0 Å². The number of aryl methyl sites for hydroxylation is 1. The Kier molecular flexibility index (Phi) is 8.00. The maximum absolute atomic E-state index is 13.7. The van der Waals surface area contributed by atoms with Gasteiger partial charge in [-0.25, -0.2) is 4.98 Å². The fraction of sp³-hybridized carbons (Fsp3) is 0.300. The molecule has 1 aromatic heterocycles. The summed E-state index contributed by atoms with van der Waals surface area (Å²) >= 11 is 0. The molecule has 0 aliphatic rings. The van der Waals surface area contributed by atoms with Crippen LogP contribution < -0.4 is 24.5 Å². The first-order valence-electron chi connectivity index (χ1n) is 12.5. The molecule has 0 spiro atoms. The Morgan fingerprint density at radius 1 is 0.974 bits per heavy atom. The van der Waals surface area contributed by atoms with E-state index < -0.39 is 0 Å². The van der Waals surface area contributed by atoms with Crippen molar-refractivity contribution in [1.82, 2.24) is 9.66 Å². The van der Waals surface area contributed by atoms with Crippen molar-refractivity contribution < 1.29 is 18.9 Å². The molecule has 0 amide bonds. The Morgan fingerprint density at radius 3 is 2.24 bits per heavy atom. The standard InChI is InChI=1S/C30H33N3O5/c1-8-38-28-26(36-6)14-20(15-27(28)37-7)17-31-33-29(32-24-12-10-9-11-21(24)30(33)34)23-16-22(18(2)3)25(35-5)13-19(23)4/h9-18H,8H2,1-7H3. The monoisotopic (exact) mass is 515 g/mol. The van der Waals surface area contributed by atoms with Crippen LogP contribution in [0, 0.1) is 6.92 Å². The fourth-order valence-electron chi connectivity index (χ4n) is 4.36. The molecule has 4 aromatic rings. The van der Waals surface area contributed by atoms with Crippen LogP contribution in [-0.4, -0.2) is 43.8 Å². The summed E-state index contributed by atoms with van der Waals surface area (Å²) < 4.78 is 23.7. The van der Waals surface area contributed by atoms with Gasteiger partial charge in [0.15, 0.2) is 17.3 Å². The van der Waals surface area contributed by atoms with E-state index in [1.807, 2.05) is 44.2 Å². The number of rotatable bonds is 9. The average Bonchev–Trinajstić information content (AvgIpc) is 2.92. The van der Waals surface area contributed by atoms with E-state index in [0.717, 1.165) is 22.4 Å². The molecule has 8 nitrogen and oxygen atoms in total. The van der Waals surface area contributed by atoms with Crippen molar-refractivity contribution in [3.05, 3.63) is 75.6 Å². The molecule has 0 saturated carbocycles. The van der Waals surface area contributed by atoms with Crippen LogP contribution in [-0.2, 0) is 0 Å². The van der Waals surface area contributed by atoms with Crippen LogP contribution in [0.25, 0.3) is 22.3 Å². The van der Waals surface area contributed by atoms with Crippen LogP contribution in [0.4, 0.5) is 0 Å². The fourth-order valence-corrected chi connectivity index (χ4v) is 4.36.